The van der Waals surface area contributed by atoms with Gasteiger partial charge < -0.3 is 15.1 Å². The molecule has 6 rings (SSSR count). The number of nitrogens with one attached hydrogen (secondary N) is 1. The Balaban J connectivity index is 1.25. The molecular formula is C26H27N9O. The molecule has 1 N–H and O–H groups in total. The number of amides is 1. The van der Waals surface area contributed by atoms with Gasteiger partial charge in [0, 0.05) is 74.1 Å². The van der Waals surface area contributed by atoms with Crippen LogP contribution in [0.25, 0.3) is 27.8 Å². The highest BCUT2D eigenvalue weighted by Crippen LogP contribution is 2.32. The SMILES string of the molecule is Cn1cc(-c2cc(-c3ccc(N4CCN(C(=O)[C@H]5CCCN5)CC4)nc3)c3c(C#N)cnn3c2)cn1. The number of fused-ring (bicyclic) bond motifs is 1. The van der Waals surface area contributed by atoms with Crippen LogP contribution < -0.4 is 10.2 Å². The molecule has 0 unspecified atom stereocenters. The lowest BCUT2D eigenvalue weighted by molar-refractivity contribution is -0.133. The predicted octanol–water partition coefficient (Wildman–Crippen LogP) is 2.07. The van der Waals surface area contributed by atoms with E-state index in [0.29, 0.717) is 18.7 Å². The number of pyridine rings is 2. The Hall–Kier alpha value is -4.23. The van der Waals surface area contributed by atoms with Crippen molar-refractivity contribution < 1.29 is 4.79 Å². The van der Waals surface area contributed by atoms with Crippen LogP contribution >= 0.6 is 0 Å². The van der Waals surface area contributed by atoms with Crippen molar-refractivity contribution in [3.63, 3.8) is 0 Å². The van der Waals surface area contributed by atoms with Gasteiger partial charge in [-0.05, 0) is 37.6 Å². The molecule has 4 aromatic heterocycles. The number of nitriles is 1. The first kappa shape index (κ1) is 22.2. The Morgan fingerprint density at radius 2 is 1.92 bits per heavy atom. The molecule has 0 radical (unpaired) electrons. The summed E-state index contributed by atoms with van der Waals surface area (Å²) in [5, 5.41) is 21.7. The maximum absolute atomic E-state index is 12.7. The third kappa shape index (κ3) is 3.97. The zero-order chi connectivity index (χ0) is 24.6. The van der Waals surface area contributed by atoms with E-state index < -0.39 is 0 Å². The molecule has 1 amide bonds. The molecule has 2 aliphatic heterocycles. The molecule has 36 heavy (non-hydrogen) atoms. The van der Waals surface area contributed by atoms with Crippen molar-refractivity contribution in [2.24, 2.45) is 7.05 Å². The number of hydrogen-bond donors (Lipinski definition) is 1. The average molecular weight is 482 g/mol. The van der Waals surface area contributed by atoms with Gasteiger partial charge in [0.2, 0.25) is 5.91 Å². The van der Waals surface area contributed by atoms with Crippen molar-refractivity contribution in [1.29, 1.82) is 5.26 Å². The number of aryl methyl sites for hydroxylation is 1. The molecule has 10 heteroatoms. The predicted molar refractivity (Wildman–Crippen MR) is 135 cm³/mol. The molecule has 6 heterocycles. The second kappa shape index (κ2) is 9.09. The molecule has 0 aromatic carbocycles. The second-order valence-electron chi connectivity index (χ2n) is 9.37. The van der Waals surface area contributed by atoms with E-state index in [1.807, 2.05) is 48.9 Å². The summed E-state index contributed by atoms with van der Waals surface area (Å²) < 4.78 is 3.51. The normalized spacial score (nSPS) is 18.1. The molecule has 2 fully saturated rings. The van der Waals surface area contributed by atoms with Crippen LogP contribution in [0.2, 0.25) is 0 Å². The van der Waals surface area contributed by atoms with E-state index in [9.17, 15) is 10.1 Å². The van der Waals surface area contributed by atoms with Gasteiger partial charge >= 0.3 is 0 Å². The Morgan fingerprint density at radius 3 is 2.58 bits per heavy atom. The minimum Gasteiger partial charge on any atom is -0.353 e. The Morgan fingerprint density at radius 1 is 1.06 bits per heavy atom. The zero-order valence-corrected chi connectivity index (χ0v) is 20.1. The number of nitrogens with zero attached hydrogens (tertiary/aromatic N) is 8. The van der Waals surface area contributed by atoms with Gasteiger partial charge in [0.25, 0.3) is 0 Å². The first-order chi connectivity index (χ1) is 17.6. The minimum absolute atomic E-state index is 0.0185. The third-order valence-corrected chi connectivity index (χ3v) is 7.10. The topological polar surface area (TPSA) is 107 Å². The van der Waals surface area contributed by atoms with E-state index in [1.54, 1.807) is 15.4 Å². The number of aromatic nitrogens is 5. The third-order valence-electron chi connectivity index (χ3n) is 7.10. The van der Waals surface area contributed by atoms with Crippen molar-refractivity contribution >= 4 is 17.2 Å². The van der Waals surface area contributed by atoms with Gasteiger partial charge in [-0.1, -0.05) is 0 Å². The lowest BCUT2D eigenvalue weighted by atomic mass is 10.0. The molecule has 10 nitrogen and oxygen atoms in total. The van der Waals surface area contributed by atoms with E-state index in [0.717, 1.165) is 66.1 Å². The molecule has 4 aromatic rings. The Bertz CT molecular complexity index is 1450. The van der Waals surface area contributed by atoms with E-state index in [-0.39, 0.29) is 11.9 Å². The van der Waals surface area contributed by atoms with Gasteiger partial charge in [-0.15, -0.1) is 0 Å². The van der Waals surface area contributed by atoms with Gasteiger partial charge in [-0.25, -0.2) is 9.50 Å². The Labute approximate surface area is 208 Å². The number of anilines is 1. The second-order valence-corrected chi connectivity index (χ2v) is 9.37. The van der Waals surface area contributed by atoms with Crippen LogP contribution in [0.5, 0.6) is 0 Å². The van der Waals surface area contributed by atoms with Crippen LogP contribution in [0.15, 0.2) is 49.2 Å². The number of carbonyl (C=O) groups excluding carboxylic acids is 1. The smallest absolute Gasteiger partial charge is 0.239 e. The quantitative estimate of drug-likeness (QED) is 0.475. The summed E-state index contributed by atoms with van der Waals surface area (Å²) in [5.41, 5.74) is 5.01. The van der Waals surface area contributed by atoms with Gasteiger partial charge in [0.05, 0.1) is 29.5 Å². The van der Waals surface area contributed by atoms with E-state index in [1.165, 1.54) is 0 Å². The summed E-state index contributed by atoms with van der Waals surface area (Å²) in [5.74, 6) is 1.11. The van der Waals surface area contributed by atoms with Crippen molar-refractivity contribution in [2.75, 3.05) is 37.6 Å². The molecule has 2 saturated heterocycles. The summed E-state index contributed by atoms with van der Waals surface area (Å²) in [7, 11) is 1.88. The van der Waals surface area contributed by atoms with Crippen LogP contribution in [-0.4, -0.2) is 74.0 Å². The fourth-order valence-corrected chi connectivity index (χ4v) is 5.16. The molecule has 1 atom stereocenters. The van der Waals surface area contributed by atoms with Gasteiger partial charge in [-0.2, -0.15) is 15.5 Å². The number of hydrogen-bond acceptors (Lipinski definition) is 7. The molecule has 0 bridgehead atoms. The first-order valence-electron chi connectivity index (χ1n) is 12.2. The summed E-state index contributed by atoms with van der Waals surface area (Å²) in [4.78, 5) is 21.7. The highest BCUT2D eigenvalue weighted by atomic mass is 16.2. The van der Waals surface area contributed by atoms with E-state index in [4.69, 9.17) is 4.98 Å². The lowest BCUT2D eigenvalue weighted by Crippen LogP contribution is -2.53. The maximum atomic E-state index is 12.7. The van der Waals surface area contributed by atoms with Crippen LogP contribution in [0.4, 0.5) is 5.82 Å². The summed E-state index contributed by atoms with van der Waals surface area (Å²) >= 11 is 0. The summed E-state index contributed by atoms with van der Waals surface area (Å²) in [6.45, 7) is 3.85. The molecular weight excluding hydrogens is 454 g/mol. The average Bonchev–Trinajstić information content (AvgIpc) is 3.69. The summed E-state index contributed by atoms with van der Waals surface area (Å²) in [6, 6.07) is 8.35. The van der Waals surface area contributed by atoms with Gasteiger partial charge in [0.15, 0.2) is 0 Å². The molecule has 0 aliphatic carbocycles. The zero-order valence-electron chi connectivity index (χ0n) is 20.1. The number of rotatable bonds is 4. The lowest BCUT2D eigenvalue weighted by Gasteiger charge is -2.36. The van der Waals surface area contributed by atoms with Crippen LogP contribution in [0, 0.1) is 11.3 Å². The van der Waals surface area contributed by atoms with Crippen molar-refractivity contribution in [3.8, 4) is 28.3 Å². The molecule has 0 saturated carbocycles. The van der Waals surface area contributed by atoms with Crippen molar-refractivity contribution in [2.45, 2.75) is 18.9 Å². The molecule has 0 spiro atoms. The minimum atomic E-state index is -0.0185. The monoisotopic (exact) mass is 481 g/mol. The van der Waals surface area contributed by atoms with E-state index >= 15 is 0 Å². The number of carbonyl (C=O) groups is 1. The summed E-state index contributed by atoms with van der Waals surface area (Å²) in [6.07, 6.45) is 11.1. The largest absolute Gasteiger partial charge is 0.353 e. The van der Waals surface area contributed by atoms with Crippen LogP contribution in [0.1, 0.15) is 18.4 Å². The highest BCUT2D eigenvalue weighted by Gasteiger charge is 2.29. The number of piperazine rings is 1. The fourth-order valence-electron chi connectivity index (χ4n) is 5.16. The van der Waals surface area contributed by atoms with Gasteiger partial charge in [-0.3, -0.25) is 9.48 Å². The molecule has 2 aliphatic rings. The van der Waals surface area contributed by atoms with Crippen molar-refractivity contribution in [3.05, 3.63) is 54.7 Å². The van der Waals surface area contributed by atoms with E-state index in [2.05, 4.69) is 32.5 Å². The first-order valence-corrected chi connectivity index (χ1v) is 12.2. The fraction of sp³-hybridized carbons (Fsp3) is 0.346. The Kier molecular flexibility index (Phi) is 5.62. The maximum Gasteiger partial charge on any atom is 0.239 e. The van der Waals surface area contributed by atoms with Crippen LogP contribution in [0.3, 0.4) is 0 Å². The molecule has 182 valence electrons. The van der Waals surface area contributed by atoms with Gasteiger partial charge in [0.1, 0.15) is 11.9 Å². The van der Waals surface area contributed by atoms with Crippen LogP contribution in [-0.2, 0) is 11.8 Å². The highest BCUT2D eigenvalue weighted by molar-refractivity contribution is 5.87. The van der Waals surface area contributed by atoms with Crippen molar-refractivity contribution in [1.82, 2.24) is 34.6 Å². The standard InChI is InChI=1S/C26H27N9O/c1-32-16-21(15-30-32)19-11-22(25-20(12-27)14-31-35(25)17-19)18-4-5-24(29-13-18)33-7-9-34(10-8-33)26(36)23-3-2-6-28-23/h4-5,11,13-17,23,28H,2-3,6-10H2,1H3/t23-/m1/s1.